The standard InChI is InChI=1S/C12H18N2O3/c1-9(8-17-3)13-7-11-5-4-6-12(10(11)2)14(15)16/h4-6,9,13H,7-8H2,1-3H3. The van der Waals surface area contributed by atoms with Gasteiger partial charge in [0.1, 0.15) is 0 Å². The van der Waals surface area contributed by atoms with Crippen molar-refractivity contribution in [2.75, 3.05) is 13.7 Å². The molecule has 0 aliphatic heterocycles. The smallest absolute Gasteiger partial charge is 0.272 e. The maximum Gasteiger partial charge on any atom is 0.272 e. The summed E-state index contributed by atoms with van der Waals surface area (Å²) in [7, 11) is 1.65. The Balaban J connectivity index is 2.72. The van der Waals surface area contributed by atoms with Crippen LogP contribution in [0.2, 0.25) is 0 Å². The Hall–Kier alpha value is -1.46. The Morgan fingerprint density at radius 2 is 2.24 bits per heavy atom. The fourth-order valence-electron chi connectivity index (χ4n) is 1.65. The SMILES string of the molecule is COCC(C)NCc1cccc([N+](=O)[O-])c1C. The monoisotopic (exact) mass is 238 g/mol. The molecule has 0 fully saturated rings. The number of hydrogen-bond donors (Lipinski definition) is 1. The number of methoxy groups -OCH3 is 1. The number of nitrogens with zero attached hydrogens (tertiary/aromatic N) is 1. The lowest BCUT2D eigenvalue weighted by Crippen LogP contribution is -2.29. The van der Waals surface area contributed by atoms with Crippen LogP contribution in [-0.2, 0) is 11.3 Å². The molecule has 0 radical (unpaired) electrons. The van der Waals surface area contributed by atoms with Crippen molar-refractivity contribution in [2.24, 2.45) is 0 Å². The molecule has 0 spiro atoms. The molecule has 0 saturated heterocycles. The summed E-state index contributed by atoms with van der Waals surface area (Å²) in [5.74, 6) is 0. The van der Waals surface area contributed by atoms with E-state index >= 15 is 0 Å². The molecule has 1 aromatic rings. The van der Waals surface area contributed by atoms with E-state index in [0.717, 1.165) is 11.1 Å². The van der Waals surface area contributed by atoms with E-state index in [2.05, 4.69) is 5.32 Å². The van der Waals surface area contributed by atoms with Gasteiger partial charge in [0.05, 0.1) is 11.5 Å². The number of rotatable bonds is 6. The molecule has 0 heterocycles. The number of ether oxygens (including phenoxy) is 1. The van der Waals surface area contributed by atoms with Crippen molar-refractivity contribution in [3.63, 3.8) is 0 Å². The van der Waals surface area contributed by atoms with Gasteiger partial charge in [0.2, 0.25) is 0 Å². The highest BCUT2D eigenvalue weighted by molar-refractivity contribution is 5.44. The molecule has 17 heavy (non-hydrogen) atoms. The molecule has 1 unspecified atom stereocenters. The van der Waals surface area contributed by atoms with Crippen LogP contribution in [-0.4, -0.2) is 24.7 Å². The highest BCUT2D eigenvalue weighted by Crippen LogP contribution is 2.20. The van der Waals surface area contributed by atoms with Crippen LogP contribution in [0.4, 0.5) is 5.69 Å². The van der Waals surface area contributed by atoms with Gasteiger partial charge in [0.25, 0.3) is 5.69 Å². The molecular formula is C12H18N2O3. The topological polar surface area (TPSA) is 64.4 Å². The predicted molar refractivity (Wildman–Crippen MR) is 66.0 cm³/mol. The summed E-state index contributed by atoms with van der Waals surface area (Å²) < 4.78 is 5.01. The summed E-state index contributed by atoms with van der Waals surface area (Å²) in [4.78, 5) is 10.4. The first-order valence-electron chi connectivity index (χ1n) is 5.51. The van der Waals surface area contributed by atoms with Gasteiger partial charge in [-0.3, -0.25) is 10.1 Å². The highest BCUT2D eigenvalue weighted by atomic mass is 16.6. The minimum Gasteiger partial charge on any atom is -0.383 e. The number of hydrogen-bond acceptors (Lipinski definition) is 4. The molecule has 1 N–H and O–H groups in total. The molecule has 5 heteroatoms. The van der Waals surface area contributed by atoms with Gasteiger partial charge in [-0.1, -0.05) is 12.1 Å². The summed E-state index contributed by atoms with van der Waals surface area (Å²) in [6.07, 6.45) is 0. The van der Waals surface area contributed by atoms with Crippen molar-refractivity contribution in [2.45, 2.75) is 26.4 Å². The van der Waals surface area contributed by atoms with Crippen LogP contribution in [0.25, 0.3) is 0 Å². The van der Waals surface area contributed by atoms with Gasteiger partial charge in [-0.2, -0.15) is 0 Å². The van der Waals surface area contributed by atoms with Gasteiger partial charge < -0.3 is 10.1 Å². The Labute approximate surface area is 101 Å². The molecule has 0 aliphatic carbocycles. The third kappa shape index (κ3) is 3.80. The Bertz CT molecular complexity index is 393. The Morgan fingerprint density at radius 1 is 1.53 bits per heavy atom. The summed E-state index contributed by atoms with van der Waals surface area (Å²) in [6.45, 7) is 5.01. The van der Waals surface area contributed by atoms with Crippen molar-refractivity contribution in [1.29, 1.82) is 0 Å². The summed E-state index contributed by atoms with van der Waals surface area (Å²) in [6, 6.07) is 5.36. The number of nitro benzene ring substituents is 1. The van der Waals surface area contributed by atoms with E-state index in [9.17, 15) is 10.1 Å². The number of nitro groups is 1. The van der Waals surface area contributed by atoms with E-state index in [4.69, 9.17) is 4.74 Å². The quantitative estimate of drug-likeness (QED) is 0.608. The van der Waals surface area contributed by atoms with Gasteiger partial charge in [0.15, 0.2) is 0 Å². The second-order valence-electron chi connectivity index (χ2n) is 4.06. The zero-order chi connectivity index (χ0) is 12.8. The average Bonchev–Trinajstić information content (AvgIpc) is 2.27. The molecule has 1 atom stereocenters. The van der Waals surface area contributed by atoms with Crippen molar-refractivity contribution in [3.8, 4) is 0 Å². The second-order valence-corrected chi connectivity index (χ2v) is 4.06. The van der Waals surface area contributed by atoms with E-state index in [1.54, 1.807) is 20.1 Å². The molecule has 0 saturated carbocycles. The molecule has 5 nitrogen and oxygen atoms in total. The van der Waals surface area contributed by atoms with E-state index in [1.807, 2.05) is 13.0 Å². The molecule has 94 valence electrons. The largest absolute Gasteiger partial charge is 0.383 e. The lowest BCUT2D eigenvalue weighted by Gasteiger charge is -2.13. The van der Waals surface area contributed by atoms with E-state index < -0.39 is 0 Å². The maximum absolute atomic E-state index is 10.8. The van der Waals surface area contributed by atoms with Gasteiger partial charge in [0, 0.05) is 31.3 Å². The van der Waals surface area contributed by atoms with Gasteiger partial charge in [-0.05, 0) is 19.4 Å². The molecule has 1 rings (SSSR count). The van der Waals surface area contributed by atoms with Gasteiger partial charge >= 0.3 is 0 Å². The lowest BCUT2D eigenvalue weighted by atomic mass is 10.1. The average molecular weight is 238 g/mol. The molecule has 0 bridgehead atoms. The first kappa shape index (κ1) is 13.6. The van der Waals surface area contributed by atoms with Crippen LogP contribution in [0.5, 0.6) is 0 Å². The van der Waals surface area contributed by atoms with Gasteiger partial charge in [-0.15, -0.1) is 0 Å². The fraction of sp³-hybridized carbons (Fsp3) is 0.500. The van der Waals surface area contributed by atoms with Crippen LogP contribution in [0.15, 0.2) is 18.2 Å². The van der Waals surface area contributed by atoms with E-state index in [1.165, 1.54) is 6.07 Å². The van der Waals surface area contributed by atoms with Crippen LogP contribution in [0, 0.1) is 17.0 Å². The second kappa shape index (κ2) is 6.32. The number of nitrogens with one attached hydrogen (secondary N) is 1. The molecule has 1 aromatic carbocycles. The van der Waals surface area contributed by atoms with E-state index in [0.29, 0.717) is 13.2 Å². The lowest BCUT2D eigenvalue weighted by molar-refractivity contribution is -0.385. The van der Waals surface area contributed by atoms with Crippen molar-refractivity contribution in [1.82, 2.24) is 5.32 Å². The maximum atomic E-state index is 10.8. The van der Waals surface area contributed by atoms with Gasteiger partial charge in [-0.25, -0.2) is 0 Å². The zero-order valence-electron chi connectivity index (χ0n) is 10.4. The Morgan fingerprint density at radius 3 is 2.82 bits per heavy atom. The van der Waals surface area contributed by atoms with Crippen molar-refractivity contribution < 1.29 is 9.66 Å². The normalized spacial score (nSPS) is 12.4. The van der Waals surface area contributed by atoms with E-state index in [-0.39, 0.29) is 16.7 Å². The molecular weight excluding hydrogens is 220 g/mol. The van der Waals surface area contributed by atoms with Crippen LogP contribution in [0.1, 0.15) is 18.1 Å². The molecule has 0 amide bonds. The van der Waals surface area contributed by atoms with Crippen LogP contribution in [0.3, 0.4) is 0 Å². The predicted octanol–water partition coefficient (Wildman–Crippen LogP) is 2.03. The van der Waals surface area contributed by atoms with Crippen LogP contribution < -0.4 is 5.32 Å². The van der Waals surface area contributed by atoms with Crippen LogP contribution >= 0.6 is 0 Å². The van der Waals surface area contributed by atoms with Crippen molar-refractivity contribution in [3.05, 3.63) is 39.4 Å². The minimum atomic E-state index is -0.350. The fourth-order valence-corrected chi connectivity index (χ4v) is 1.65. The highest BCUT2D eigenvalue weighted by Gasteiger charge is 2.13. The number of benzene rings is 1. The third-order valence-corrected chi connectivity index (χ3v) is 2.67. The Kier molecular flexibility index (Phi) is 5.06. The third-order valence-electron chi connectivity index (χ3n) is 2.67. The summed E-state index contributed by atoms with van der Waals surface area (Å²) >= 11 is 0. The summed E-state index contributed by atoms with van der Waals surface area (Å²) in [5.41, 5.74) is 1.83. The summed E-state index contributed by atoms with van der Waals surface area (Å²) in [5, 5.41) is 14.0. The first-order valence-corrected chi connectivity index (χ1v) is 5.51. The zero-order valence-corrected chi connectivity index (χ0v) is 10.4. The minimum absolute atomic E-state index is 0.170. The first-order chi connectivity index (χ1) is 8.06. The molecule has 0 aliphatic rings. The van der Waals surface area contributed by atoms with Crippen molar-refractivity contribution >= 4 is 5.69 Å². The molecule has 0 aromatic heterocycles.